The Balaban J connectivity index is 1.92. The summed E-state index contributed by atoms with van der Waals surface area (Å²) < 4.78 is 9.84. The van der Waals surface area contributed by atoms with E-state index < -0.39 is 0 Å². The lowest BCUT2D eigenvalue weighted by Crippen LogP contribution is -2.27. The molecule has 2 heterocycles. The van der Waals surface area contributed by atoms with E-state index in [-0.39, 0.29) is 23.5 Å². The van der Waals surface area contributed by atoms with E-state index in [4.69, 9.17) is 9.15 Å². The van der Waals surface area contributed by atoms with E-state index in [9.17, 15) is 9.59 Å². The van der Waals surface area contributed by atoms with E-state index in [1.54, 1.807) is 24.6 Å². The molecular formula is C12H13N3O4S. The molecule has 0 radical (unpaired) electrons. The molecule has 0 spiro atoms. The van der Waals surface area contributed by atoms with Crippen LogP contribution in [0.15, 0.2) is 28.2 Å². The third kappa shape index (κ3) is 3.65. The third-order valence-electron chi connectivity index (χ3n) is 2.29. The summed E-state index contributed by atoms with van der Waals surface area (Å²) in [5.74, 6) is -0.712. The first-order valence-electron chi connectivity index (χ1n) is 5.78. The molecular weight excluding hydrogens is 282 g/mol. The molecule has 2 aromatic rings. The second-order valence-corrected chi connectivity index (χ2v) is 4.67. The highest BCUT2D eigenvalue weighted by Gasteiger charge is 2.14. The molecule has 2 aromatic heterocycles. The molecule has 0 aliphatic carbocycles. The summed E-state index contributed by atoms with van der Waals surface area (Å²) in [4.78, 5) is 27.8. The van der Waals surface area contributed by atoms with E-state index in [1.807, 2.05) is 0 Å². The highest BCUT2D eigenvalue weighted by Crippen LogP contribution is 2.13. The standard InChI is InChI=1S/C12H13N3O4S/c1-18-5-4-13-10(16)8-7-19-12(14-8)15-11(17)9-3-2-6-20-9/h2-3,6-7H,4-5H2,1H3,(H,13,16)(H,14,15,17). The summed E-state index contributed by atoms with van der Waals surface area (Å²) in [6, 6.07) is 3.44. The van der Waals surface area contributed by atoms with Gasteiger partial charge in [0.05, 0.1) is 11.5 Å². The zero-order chi connectivity index (χ0) is 14.4. The Labute approximate surface area is 119 Å². The minimum Gasteiger partial charge on any atom is -0.431 e. The van der Waals surface area contributed by atoms with Crippen molar-refractivity contribution in [1.29, 1.82) is 0 Å². The molecule has 2 amide bonds. The molecule has 0 aliphatic heterocycles. The summed E-state index contributed by atoms with van der Waals surface area (Å²) in [5, 5.41) is 6.86. The van der Waals surface area contributed by atoms with Gasteiger partial charge in [-0.2, -0.15) is 4.98 Å². The van der Waals surface area contributed by atoms with Crippen molar-refractivity contribution in [3.05, 3.63) is 34.3 Å². The maximum absolute atomic E-state index is 11.7. The Hall–Kier alpha value is -2.19. The number of thiophene rings is 1. The smallest absolute Gasteiger partial charge is 0.302 e. The van der Waals surface area contributed by atoms with E-state index >= 15 is 0 Å². The van der Waals surface area contributed by atoms with E-state index in [2.05, 4.69) is 15.6 Å². The number of aromatic nitrogens is 1. The number of anilines is 1. The highest BCUT2D eigenvalue weighted by atomic mass is 32.1. The number of ether oxygens (including phenoxy) is 1. The van der Waals surface area contributed by atoms with Crippen molar-refractivity contribution >= 4 is 29.2 Å². The van der Waals surface area contributed by atoms with Crippen LogP contribution in [0.4, 0.5) is 6.01 Å². The van der Waals surface area contributed by atoms with Gasteiger partial charge in [-0.05, 0) is 11.4 Å². The Morgan fingerprint density at radius 3 is 3.00 bits per heavy atom. The molecule has 0 bridgehead atoms. The van der Waals surface area contributed by atoms with Crippen molar-refractivity contribution in [1.82, 2.24) is 10.3 Å². The number of rotatable bonds is 6. The second kappa shape index (κ2) is 6.83. The van der Waals surface area contributed by atoms with E-state index in [0.717, 1.165) is 0 Å². The van der Waals surface area contributed by atoms with Crippen molar-refractivity contribution in [2.45, 2.75) is 0 Å². The molecule has 2 rings (SSSR count). The van der Waals surface area contributed by atoms with E-state index in [0.29, 0.717) is 18.0 Å². The van der Waals surface area contributed by atoms with Crippen LogP contribution in [0, 0.1) is 0 Å². The number of nitrogens with one attached hydrogen (secondary N) is 2. The van der Waals surface area contributed by atoms with Gasteiger partial charge in [0.15, 0.2) is 5.69 Å². The van der Waals surface area contributed by atoms with Gasteiger partial charge in [-0.25, -0.2) is 0 Å². The predicted octanol–water partition coefficient (Wildman–Crippen LogP) is 1.36. The number of oxazole rings is 1. The van der Waals surface area contributed by atoms with Crippen LogP contribution >= 0.6 is 11.3 Å². The van der Waals surface area contributed by atoms with Crippen molar-refractivity contribution in [3.8, 4) is 0 Å². The zero-order valence-corrected chi connectivity index (χ0v) is 11.5. The quantitative estimate of drug-likeness (QED) is 0.785. The average Bonchev–Trinajstić information content (AvgIpc) is 3.10. The Kier molecular flexibility index (Phi) is 4.85. The van der Waals surface area contributed by atoms with Crippen molar-refractivity contribution in [3.63, 3.8) is 0 Å². The minimum absolute atomic E-state index is 0.0136. The molecule has 2 N–H and O–H groups in total. The first kappa shape index (κ1) is 14.2. The Morgan fingerprint density at radius 1 is 1.45 bits per heavy atom. The molecule has 20 heavy (non-hydrogen) atoms. The molecule has 0 fully saturated rings. The lowest BCUT2D eigenvalue weighted by atomic mass is 10.4. The maximum atomic E-state index is 11.7. The van der Waals surface area contributed by atoms with Gasteiger partial charge in [-0.15, -0.1) is 11.3 Å². The Morgan fingerprint density at radius 2 is 2.30 bits per heavy atom. The van der Waals surface area contributed by atoms with Gasteiger partial charge in [0, 0.05) is 13.7 Å². The van der Waals surface area contributed by atoms with Crippen LogP contribution in [0.1, 0.15) is 20.2 Å². The molecule has 0 aliphatic rings. The number of carbonyl (C=O) groups excluding carboxylic acids is 2. The maximum Gasteiger partial charge on any atom is 0.302 e. The third-order valence-corrected chi connectivity index (χ3v) is 3.16. The van der Waals surface area contributed by atoms with Crippen LogP contribution in [0.2, 0.25) is 0 Å². The molecule has 7 nitrogen and oxygen atoms in total. The number of amides is 2. The van der Waals surface area contributed by atoms with Crippen molar-refractivity contribution < 1.29 is 18.7 Å². The molecule has 8 heteroatoms. The fourth-order valence-corrected chi connectivity index (χ4v) is 1.98. The summed E-state index contributed by atoms with van der Waals surface area (Å²) in [6.07, 6.45) is 1.19. The summed E-state index contributed by atoms with van der Waals surface area (Å²) in [5.41, 5.74) is 0.0996. The average molecular weight is 295 g/mol. The van der Waals surface area contributed by atoms with Gasteiger partial charge in [0.2, 0.25) is 0 Å². The highest BCUT2D eigenvalue weighted by molar-refractivity contribution is 7.12. The molecule has 0 aromatic carbocycles. The fraction of sp³-hybridized carbons (Fsp3) is 0.250. The minimum atomic E-state index is -0.387. The van der Waals surface area contributed by atoms with Gasteiger partial charge < -0.3 is 14.5 Å². The van der Waals surface area contributed by atoms with Gasteiger partial charge in [0.25, 0.3) is 11.8 Å². The predicted molar refractivity (Wildman–Crippen MR) is 73.0 cm³/mol. The van der Waals surface area contributed by atoms with E-state index in [1.165, 1.54) is 17.6 Å². The van der Waals surface area contributed by atoms with Crippen LogP contribution in [0.25, 0.3) is 0 Å². The number of nitrogens with zero attached hydrogens (tertiary/aromatic N) is 1. The molecule has 0 unspecified atom stereocenters. The monoisotopic (exact) mass is 295 g/mol. The van der Waals surface area contributed by atoms with Crippen LogP contribution in [-0.4, -0.2) is 37.1 Å². The van der Waals surface area contributed by atoms with Crippen LogP contribution in [0.3, 0.4) is 0 Å². The van der Waals surface area contributed by atoms with Gasteiger partial charge in [-0.1, -0.05) is 6.07 Å². The number of hydrogen-bond acceptors (Lipinski definition) is 6. The second-order valence-electron chi connectivity index (χ2n) is 3.72. The fourth-order valence-electron chi connectivity index (χ4n) is 1.36. The lowest BCUT2D eigenvalue weighted by molar-refractivity contribution is 0.0931. The van der Waals surface area contributed by atoms with Gasteiger partial charge >= 0.3 is 6.01 Å². The summed E-state index contributed by atoms with van der Waals surface area (Å²) >= 11 is 1.30. The first-order chi connectivity index (χ1) is 9.70. The van der Waals surface area contributed by atoms with Gasteiger partial charge in [0.1, 0.15) is 6.26 Å². The van der Waals surface area contributed by atoms with Crippen molar-refractivity contribution in [2.75, 3.05) is 25.6 Å². The van der Waals surface area contributed by atoms with Crippen LogP contribution < -0.4 is 10.6 Å². The normalized spacial score (nSPS) is 10.2. The molecule has 106 valence electrons. The van der Waals surface area contributed by atoms with Crippen molar-refractivity contribution in [2.24, 2.45) is 0 Å². The zero-order valence-electron chi connectivity index (χ0n) is 10.7. The topological polar surface area (TPSA) is 93.5 Å². The molecule has 0 saturated carbocycles. The van der Waals surface area contributed by atoms with Gasteiger partial charge in [-0.3, -0.25) is 14.9 Å². The number of hydrogen-bond donors (Lipinski definition) is 2. The summed E-state index contributed by atoms with van der Waals surface area (Å²) in [7, 11) is 1.54. The lowest BCUT2D eigenvalue weighted by Gasteiger charge is -2.00. The number of methoxy groups -OCH3 is 1. The molecule has 0 saturated heterocycles. The Bertz CT molecular complexity index is 579. The largest absolute Gasteiger partial charge is 0.431 e. The number of carbonyl (C=O) groups is 2. The molecule has 0 atom stereocenters. The summed E-state index contributed by atoms with van der Waals surface area (Å²) in [6.45, 7) is 0.782. The SMILES string of the molecule is COCCNC(=O)c1coc(NC(=O)c2cccs2)n1. The van der Waals surface area contributed by atoms with Crippen LogP contribution in [0.5, 0.6) is 0 Å². The first-order valence-corrected chi connectivity index (χ1v) is 6.66. The van der Waals surface area contributed by atoms with Crippen LogP contribution in [-0.2, 0) is 4.74 Å².